The molecule has 6 rings (SSSR count). The Morgan fingerprint density at radius 3 is 2.50 bits per heavy atom. The average molecular weight is 560 g/mol. The lowest BCUT2D eigenvalue weighted by Gasteiger charge is -2.44. The van der Waals surface area contributed by atoms with Crippen LogP contribution >= 0.6 is 23.2 Å². The van der Waals surface area contributed by atoms with Gasteiger partial charge in [0.05, 0.1) is 16.7 Å². The van der Waals surface area contributed by atoms with Gasteiger partial charge in [-0.3, -0.25) is 14.9 Å². The van der Waals surface area contributed by atoms with Gasteiger partial charge < -0.3 is 15.7 Å². The monoisotopic (exact) mass is 559 g/mol. The summed E-state index contributed by atoms with van der Waals surface area (Å²) in [5, 5.41) is 20.4. The highest BCUT2D eigenvalue weighted by Crippen LogP contribution is 2.62. The van der Waals surface area contributed by atoms with Gasteiger partial charge in [0.15, 0.2) is 0 Å². The molecule has 2 spiro atoms. The highest BCUT2D eigenvalue weighted by molar-refractivity contribution is 6.31. The van der Waals surface area contributed by atoms with E-state index in [1.54, 1.807) is 31.2 Å². The molecule has 0 aromatic heterocycles. The van der Waals surface area contributed by atoms with Gasteiger partial charge in [-0.2, -0.15) is 0 Å². The first-order chi connectivity index (χ1) is 18.1. The summed E-state index contributed by atoms with van der Waals surface area (Å²) in [4.78, 5) is 28.4. The quantitative estimate of drug-likeness (QED) is 0.416. The molecule has 3 fully saturated rings. The summed E-state index contributed by atoms with van der Waals surface area (Å²) in [5.41, 5.74) is -1.28. The van der Waals surface area contributed by atoms with Gasteiger partial charge in [-0.15, -0.1) is 0 Å². The fourth-order valence-electron chi connectivity index (χ4n) is 7.79. The van der Waals surface area contributed by atoms with Crippen LogP contribution in [0.15, 0.2) is 36.4 Å². The smallest absolute Gasteiger partial charge is 0.238 e. The first-order valence-corrected chi connectivity index (χ1v) is 14.2. The summed E-state index contributed by atoms with van der Waals surface area (Å²) in [5.74, 6) is -2.03. The molecule has 202 valence electrons. The molecule has 2 aliphatic carbocycles. The molecule has 4 aliphatic rings. The Morgan fingerprint density at radius 2 is 1.82 bits per heavy atom. The van der Waals surface area contributed by atoms with Gasteiger partial charge in [0.25, 0.3) is 0 Å². The Balaban J connectivity index is 1.56. The minimum absolute atomic E-state index is 0.0524. The Labute approximate surface area is 231 Å². The Morgan fingerprint density at radius 1 is 1.11 bits per heavy atom. The zero-order chi connectivity index (χ0) is 26.9. The van der Waals surface area contributed by atoms with Crippen molar-refractivity contribution in [3.05, 3.63) is 63.4 Å². The Kier molecular flexibility index (Phi) is 6.30. The highest BCUT2D eigenvalue weighted by atomic mass is 35.5. The molecule has 0 radical (unpaired) electrons. The third kappa shape index (κ3) is 3.80. The van der Waals surface area contributed by atoms with Crippen LogP contribution in [0.5, 0.6) is 0 Å². The van der Waals surface area contributed by atoms with E-state index in [1.165, 1.54) is 6.07 Å². The minimum atomic E-state index is -1.25. The van der Waals surface area contributed by atoms with Crippen molar-refractivity contribution in [3.63, 3.8) is 0 Å². The molecule has 2 amide bonds. The van der Waals surface area contributed by atoms with Gasteiger partial charge >= 0.3 is 0 Å². The summed E-state index contributed by atoms with van der Waals surface area (Å²) in [7, 11) is 0. The number of rotatable bonds is 3. The second-order valence-corrected chi connectivity index (χ2v) is 12.6. The van der Waals surface area contributed by atoms with Crippen molar-refractivity contribution in [1.29, 1.82) is 0 Å². The first kappa shape index (κ1) is 26.1. The van der Waals surface area contributed by atoms with Crippen molar-refractivity contribution in [2.24, 2.45) is 0 Å². The second kappa shape index (κ2) is 9.19. The summed E-state index contributed by atoms with van der Waals surface area (Å²) in [6.45, 7) is 1.74. The minimum Gasteiger partial charge on any atom is -0.390 e. The molecule has 0 unspecified atom stereocenters. The number of anilines is 1. The zero-order valence-corrected chi connectivity index (χ0v) is 22.8. The SMILES string of the molecule is CC1(O)CC(NC(=O)[C@@H]2NC3(CCCCCC3)[C@@]3(C(=O)Nc4cc(Cl)ccc43)[C@H]2c2cccc(Cl)c2F)C1. The van der Waals surface area contributed by atoms with Crippen molar-refractivity contribution < 1.29 is 19.1 Å². The van der Waals surface area contributed by atoms with Gasteiger partial charge in [0, 0.05) is 28.2 Å². The molecule has 2 heterocycles. The van der Waals surface area contributed by atoms with Crippen molar-refractivity contribution in [3.8, 4) is 0 Å². The molecular formula is C29H32Cl2FN3O3. The van der Waals surface area contributed by atoms with Crippen LogP contribution in [0.25, 0.3) is 0 Å². The first-order valence-electron chi connectivity index (χ1n) is 13.4. The lowest BCUT2D eigenvalue weighted by Crippen LogP contribution is -2.59. The predicted molar refractivity (Wildman–Crippen MR) is 145 cm³/mol. The fourth-order valence-corrected chi connectivity index (χ4v) is 8.14. The molecule has 2 saturated carbocycles. The van der Waals surface area contributed by atoms with Crippen LogP contribution in [0.1, 0.15) is 75.3 Å². The molecule has 2 aliphatic heterocycles. The average Bonchev–Trinajstić information content (AvgIpc) is 3.15. The van der Waals surface area contributed by atoms with E-state index in [0.29, 0.717) is 36.4 Å². The molecule has 3 atom stereocenters. The van der Waals surface area contributed by atoms with Crippen molar-refractivity contribution in [1.82, 2.24) is 10.6 Å². The molecule has 0 bridgehead atoms. The molecule has 1 saturated heterocycles. The lowest BCUT2D eigenvalue weighted by atomic mass is 9.57. The third-order valence-electron chi connectivity index (χ3n) is 9.27. The standard InChI is InChI=1S/C29H32Cl2FN3O3/c1-27(38)14-17(15-27)33-25(36)24-22(18-7-6-8-20(31)23(18)32)29(28(35-24)11-4-2-3-5-12-28)19-10-9-16(30)13-21(19)34-26(29)37/h6-10,13,17,22,24,35,38H,2-5,11-12,14-15H2,1H3,(H,33,36)(H,34,37)/t17?,22-,24+,27?,29+/m0/s1. The molecule has 38 heavy (non-hydrogen) atoms. The molecule has 9 heteroatoms. The van der Waals surface area contributed by atoms with E-state index in [1.807, 2.05) is 6.07 Å². The number of aliphatic hydroxyl groups is 1. The van der Waals surface area contributed by atoms with E-state index in [9.17, 15) is 14.7 Å². The normalized spacial score (nSPS) is 33.5. The van der Waals surface area contributed by atoms with Crippen molar-refractivity contribution >= 4 is 40.7 Å². The summed E-state index contributed by atoms with van der Waals surface area (Å²) < 4.78 is 15.9. The van der Waals surface area contributed by atoms with Crippen LogP contribution in [0.3, 0.4) is 0 Å². The number of fused-ring (bicyclic) bond motifs is 3. The van der Waals surface area contributed by atoms with E-state index in [2.05, 4.69) is 16.0 Å². The lowest BCUT2D eigenvalue weighted by molar-refractivity contribution is -0.127. The molecule has 2 aromatic rings. The number of hydrogen-bond donors (Lipinski definition) is 4. The molecule has 4 N–H and O–H groups in total. The van der Waals surface area contributed by atoms with Crippen LogP contribution in [-0.2, 0) is 15.0 Å². The topological polar surface area (TPSA) is 90.5 Å². The van der Waals surface area contributed by atoms with E-state index in [4.69, 9.17) is 23.2 Å². The van der Waals surface area contributed by atoms with Crippen LogP contribution in [0, 0.1) is 5.82 Å². The van der Waals surface area contributed by atoms with Crippen LogP contribution in [0.4, 0.5) is 10.1 Å². The zero-order valence-electron chi connectivity index (χ0n) is 21.3. The highest BCUT2D eigenvalue weighted by Gasteiger charge is 2.72. The van der Waals surface area contributed by atoms with Crippen molar-refractivity contribution in [2.45, 2.75) is 92.8 Å². The molecule has 6 nitrogen and oxygen atoms in total. The van der Waals surface area contributed by atoms with Gasteiger partial charge in [-0.1, -0.05) is 67.1 Å². The van der Waals surface area contributed by atoms with Gasteiger partial charge in [-0.25, -0.2) is 4.39 Å². The Hall–Kier alpha value is -2.19. The van der Waals surface area contributed by atoms with Crippen LogP contribution in [0.2, 0.25) is 10.0 Å². The van der Waals surface area contributed by atoms with Gasteiger partial charge in [0.1, 0.15) is 11.2 Å². The van der Waals surface area contributed by atoms with Gasteiger partial charge in [-0.05, 0) is 61.9 Å². The van der Waals surface area contributed by atoms with E-state index >= 15 is 4.39 Å². The number of amides is 2. The van der Waals surface area contributed by atoms with Crippen molar-refractivity contribution in [2.75, 3.05) is 5.32 Å². The number of benzene rings is 2. The maximum Gasteiger partial charge on any atom is 0.238 e. The van der Waals surface area contributed by atoms with E-state index in [0.717, 1.165) is 31.2 Å². The van der Waals surface area contributed by atoms with E-state index < -0.39 is 34.3 Å². The molecule has 2 aromatic carbocycles. The third-order valence-corrected chi connectivity index (χ3v) is 9.80. The summed E-state index contributed by atoms with van der Waals surface area (Å²) >= 11 is 12.6. The second-order valence-electron chi connectivity index (χ2n) is 11.8. The number of halogens is 3. The summed E-state index contributed by atoms with van der Waals surface area (Å²) in [6, 6.07) is 9.04. The number of hydrogen-bond acceptors (Lipinski definition) is 4. The maximum absolute atomic E-state index is 15.9. The number of carbonyl (C=O) groups excluding carboxylic acids is 2. The number of nitrogens with one attached hydrogen (secondary N) is 3. The van der Waals surface area contributed by atoms with Crippen LogP contribution in [-0.4, -0.2) is 40.1 Å². The molecular weight excluding hydrogens is 528 g/mol. The number of carbonyl (C=O) groups is 2. The van der Waals surface area contributed by atoms with Crippen LogP contribution < -0.4 is 16.0 Å². The van der Waals surface area contributed by atoms with Gasteiger partial charge in [0.2, 0.25) is 11.8 Å². The van der Waals surface area contributed by atoms with E-state index in [-0.39, 0.29) is 28.4 Å². The predicted octanol–water partition coefficient (Wildman–Crippen LogP) is 5.20. The Bertz CT molecular complexity index is 1300. The largest absolute Gasteiger partial charge is 0.390 e. The summed E-state index contributed by atoms with van der Waals surface area (Å²) in [6.07, 6.45) is 6.05. The fraction of sp³-hybridized carbons (Fsp3) is 0.517. The maximum atomic E-state index is 15.9.